The first-order chi connectivity index (χ1) is 12.7. The normalized spacial score (nSPS) is 31.6. The fraction of sp³-hybridized carbons (Fsp3) is 0.455. The minimum absolute atomic E-state index is 0.0298. The van der Waals surface area contributed by atoms with Crippen molar-refractivity contribution >= 4 is 11.7 Å². The van der Waals surface area contributed by atoms with Crippen molar-refractivity contribution in [1.82, 2.24) is 10.3 Å². The van der Waals surface area contributed by atoms with Gasteiger partial charge in [-0.1, -0.05) is 24.3 Å². The third-order valence-electron chi connectivity index (χ3n) is 6.56. The summed E-state index contributed by atoms with van der Waals surface area (Å²) in [6.07, 6.45) is 11.2. The highest BCUT2D eigenvalue weighted by atomic mass is 16.2. The lowest BCUT2D eigenvalue weighted by Crippen LogP contribution is -2.60. The van der Waals surface area contributed by atoms with E-state index in [1.165, 1.54) is 19.3 Å². The number of hydrogen-bond acceptors (Lipinski definition) is 2. The number of carbonyl (C=O) groups excluding carboxylic acids is 1. The van der Waals surface area contributed by atoms with Gasteiger partial charge in [-0.3, -0.25) is 4.98 Å². The van der Waals surface area contributed by atoms with Gasteiger partial charge in [0.2, 0.25) is 0 Å². The Kier molecular flexibility index (Phi) is 3.73. The second-order valence-corrected chi connectivity index (χ2v) is 8.56. The molecule has 0 atom stereocenters. The van der Waals surface area contributed by atoms with Crippen LogP contribution in [-0.2, 0) is 0 Å². The van der Waals surface area contributed by atoms with Gasteiger partial charge >= 0.3 is 6.03 Å². The second-order valence-electron chi connectivity index (χ2n) is 8.56. The van der Waals surface area contributed by atoms with E-state index in [4.69, 9.17) is 0 Å². The molecule has 134 valence electrons. The lowest BCUT2D eigenvalue weighted by molar-refractivity contribution is -0.0127. The van der Waals surface area contributed by atoms with Crippen molar-refractivity contribution in [2.45, 2.75) is 44.1 Å². The van der Waals surface area contributed by atoms with Gasteiger partial charge in [-0.2, -0.15) is 0 Å². The Morgan fingerprint density at radius 3 is 2.31 bits per heavy atom. The summed E-state index contributed by atoms with van der Waals surface area (Å²) in [7, 11) is 0. The maximum atomic E-state index is 12.8. The van der Waals surface area contributed by atoms with Crippen LogP contribution in [-0.4, -0.2) is 16.6 Å². The van der Waals surface area contributed by atoms with E-state index >= 15 is 0 Å². The summed E-state index contributed by atoms with van der Waals surface area (Å²) in [5, 5.41) is 6.49. The number of hydrogen-bond donors (Lipinski definition) is 2. The smallest absolute Gasteiger partial charge is 0.319 e. The summed E-state index contributed by atoms with van der Waals surface area (Å²) < 4.78 is 0. The first-order valence-corrected chi connectivity index (χ1v) is 9.78. The highest BCUT2D eigenvalue weighted by Crippen LogP contribution is 2.55. The summed E-state index contributed by atoms with van der Waals surface area (Å²) in [5.41, 5.74) is 2.88. The van der Waals surface area contributed by atoms with E-state index in [2.05, 4.69) is 15.6 Å². The van der Waals surface area contributed by atoms with Crippen molar-refractivity contribution in [2.24, 2.45) is 17.8 Å². The average Bonchev–Trinajstić information content (AvgIpc) is 2.61. The molecule has 0 saturated heterocycles. The molecule has 4 saturated carbocycles. The molecule has 26 heavy (non-hydrogen) atoms. The molecule has 4 aliphatic carbocycles. The number of rotatable bonds is 3. The molecular weight excluding hydrogens is 322 g/mol. The lowest BCUT2D eigenvalue weighted by atomic mass is 9.53. The minimum atomic E-state index is -0.0664. The SMILES string of the molecule is O=C(Nc1ccccc1-c1cccnc1)NC12CC3CC(CC(C3)C1)C2. The maximum absolute atomic E-state index is 12.8. The highest BCUT2D eigenvalue weighted by molar-refractivity contribution is 5.94. The molecule has 1 aromatic carbocycles. The van der Waals surface area contributed by atoms with Crippen molar-refractivity contribution in [3.8, 4) is 11.1 Å². The Bertz CT molecular complexity index is 782. The molecule has 4 heteroatoms. The summed E-state index contributed by atoms with van der Waals surface area (Å²) in [4.78, 5) is 17.0. The molecule has 4 nitrogen and oxygen atoms in total. The Hall–Kier alpha value is -2.36. The van der Waals surface area contributed by atoms with E-state index in [-0.39, 0.29) is 11.6 Å². The number of anilines is 1. The minimum Gasteiger partial charge on any atom is -0.332 e. The van der Waals surface area contributed by atoms with Crippen molar-refractivity contribution < 1.29 is 4.79 Å². The number of aromatic nitrogens is 1. The van der Waals surface area contributed by atoms with Crippen molar-refractivity contribution in [3.05, 3.63) is 48.8 Å². The van der Waals surface area contributed by atoms with Gasteiger partial charge in [0, 0.05) is 29.1 Å². The first-order valence-electron chi connectivity index (χ1n) is 9.78. The van der Waals surface area contributed by atoms with Gasteiger partial charge < -0.3 is 10.6 Å². The standard InChI is InChI=1S/C22H25N3O/c26-21(25-22-11-15-8-16(12-22)10-17(9-15)13-22)24-20-6-2-1-5-19(20)18-4-3-7-23-14-18/h1-7,14-17H,8-13H2,(H2,24,25,26). The zero-order chi connectivity index (χ0) is 17.6. The molecule has 6 rings (SSSR count). The first kappa shape index (κ1) is 15.9. The monoisotopic (exact) mass is 347 g/mol. The van der Waals surface area contributed by atoms with Crippen LogP contribution in [0, 0.1) is 17.8 Å². The molecular formula is C22H25N3O. The quantitative estimate of drug-likeness (QED) is 0.835. The van der Waals surface area contributed by atoms with Crippen LogP contribution < -0.4 is 10.6 Å². The van der Waals surface area contributed by atoms with E-state index in [1.807, 2.05) is 42.6 Å². The van der Waals surface area contributed by atoms with E-state index in [9.17, 15) is 4.79 Å². The van der Waals surface area contributed by atoms with Crippen LogP contribution in [0.3, 0.4) is 0 Å². The summed E-state index contributed by atoms with van der Waals surface area (Å²) in [5.74, 6) is 2.47. The third-order valence-corrected chi connectivity index (χ3v) is 6.56. The predicted octanol–water partition coefficient (Wildman–Crippen LogP) is 4.84. The molecule has 0 spiro atoms. The van der Waals surface area contributed by atoms with Crippen molar-refractivity contribution in [1.29, 1.82) is 0 Å². The molecule has 0 unspecified atom stereocenters. The molecule has 1 aromatic heterocycles. The van der Waals surface area contributed by atoms with Crippen LogP contribution in [0.1, 0.15) is 38.5 Å². The van der Waals surface area contributed by atoms with E-state index in [0.29, 0.717) is 0 Å². The van der Waals surface area contributed by atoms with Gasteiger partial charge in [0.1, 0.15) is 0 Å². The van der Waals surface area contributed by atoms with E-state index < -0.39 is 0 Å². The zero-order valence-corrected chi connectivity index (χ0v) is 14.9. The fourth-order valence-corrected chi connectivity index (χ4v) is 6.02. The predicted molar refractivity (Wildman–Crippen MR) is 103 cm³/mol. The summed E-state index contributed by atoms with van der Waals surface area (Å²) >= 11 is 0. The van der Waals surface area contributed by atoms with Crippen LogP contribution in [0.5, 0.6) is 0 Å². The summed E-state index contributed by atoms with van der Waals surface area (Å²) in [6, 6.07) is 11.8. The van der Waals surface area contributed by atoms with Crippen molar-refractivity contribution in [3.63, 3.8) is 0 Å². The second kappa shape index (κ2) is 6.11. The molecule has 4 bridgehead atoms. The van der Waals surface area contributed by atoms with Gasteiger partial charge in [-0.25, -0.2) is 4.79 Å². The maximum Gasteiger partial charge on any atom is 0.319 e. The van der Waals surface area contributed by atoms with Gasteiger partial charge in [0.25, 0.3) is 0 Å². The molecule has 2 aromatic rings. The third kappa shape index (κ3) is 2.87. The van der Waals surface area contributed by atoms with Gasteiger partial charge in [-0.05, 0) is 68.4 Å². The number of nitrogens with one attached hydrogen (secondary N) is 2. The highest BCUT2D eigenvalue weighted by Gasteiger charge is 2.51. The van der Waals surface area contributed by atoms with Gasteiger partial charge in [0.15, 0.2) is 0 Å². The lowest BCUT2D eigenvalue weighted by Gasteiger charge is -2.56. The van der Waals surface area contributed by atoms with Gasteiger partial charge in [0.05, 0.1) is 5.69 Å². The van der Waals surface area contributed by atoms with Crippen LogP contribution in [0.15, 0.2) is 48.8 Å². The molecule has 1 heterocycles. The molecule has 2 amide bonds. The number of nitrogens with zero attached hydrogens (tertiary/aromatic N) is 1. The Morgan fingerprint density at radius 1 is 0.962 bits per heavy atom. The number of urea groups is 1. The van der Waals surface area contributed by atoms with E-state index in [1.54, 1.807) is 6.20 Å². The number of para-hydroxylation sites is 1. The van der Waals surface area contributed by atoms with Crippen LogP contribution in [0.4, 0.5) is 10.5 Å². The average molecular weight is 347 g/mol. The number of carbonyl (C=O) groups is 1. The number of pyridine rings is 1. The van der Waals surface area contributed by atoms with Crippen LogP contribution in [0.25, 0.3) is 11.1 Å². The van der Waals surface area contributed by atoms with Gasteiger partial charge in [-0.15, -0.1) is 0 Å². The van der Waals surface area contributed by atoms with Crippen LogP contribution >= 0.6 is 0 Å². The molecule has 0 radical (unpaired) electrons. The van der Waals surface area contributed by atoms with Crippen molar-refractivity contribution in [2.75, 3.05) is 5.32 Å². The topological polar surface area (TPSA) is 54.0 Å². The number of amides is 2. The Morgan fingerprint density at radius 2 is 1.65 bits per heavy atom. The molecule has 2 N–H and O–H groups in total. The molecule has 0 aliphatic heterocycles. The largest absolute Gasteiger partial charge is 0.332 e. The summed E-state index contributed by atoms with van der Waals surface area (Å²) in [6.45, 7) is 0. The fourth-order valence-electron chi connectivity index (χ4n) is 6.02. The Labute approximate surface area is 154 Å². The molecule has 4 aliphatic rings. The molecule has 4 fully saturated rings. The van der Waals surface area contributed by atoms with E-state index in [0.717, 1.165) is 53.8 Å². The zero-order valence-electron chi connectivity index (χ0n) is 14.9. The Balaban J connectivity index is 1.34. The number of benzene rings is 1. The van der Waals surface area contributed by atoms with Crippen LogP contribution in [0.2, 0.25) is 0 Å².